The van der Waals surface area contributed by atoms with Crippen molar-refractivity contribution in [2.24, 2.45) is 5.92 Å². The topological polar surface area (TPSA) is 62.7 Å². The van der Waals surface area contributed by atoms with Crippen molar-refractivity contribution in [2.45, 2.75) is 45.8 Å². The zero-order valence-electron chi connectivity index (χ0n) is 17.5. The van der Waals surface area contributed by atoms with Crippen LogP contribution in [0.5, 0.6) is 0 Å². The molecular formula is C23H29N3O3. The summed E-state index contributed by atoms with van der Waals surface area (Å²) in [7, 11) is 2.04. The third-order valence-electron chi connectivity index (χ3n) is 6.04. The van der Waals surface area contributed by atoms with Gasteiger partial charge >= 0.3 is 5.97 Å². The number of aromatic nitrogens is 1. The highest BCUT2D eigenvalue weighted by molar-refractivity contribution is 6.05. The van der Waals surface area contributed by atoms with Crippen LogP contribution in [0, 0.1) is 5.92 Å². The molecule has 6 nitrogen and oxygen atoms in total. The fraction of sp³-hybridized carbons (Fsp3) is 0.522. The molecule has 1 saturated heterocycles. The summed E-state index contributed by atoms with van der Waals surface area (Å²) in [6.07, 6.45) is 2.15. The van der Waals surface area contributed by atoms with Crippen LogP contribution >= 0.6 is 0 Å². The highest BCUT2D eigenvalue weighted by Crippen LogP contribution is 2.29. The molecule has 3 heterocycles. The normalized spacial score (nSPS) is 20.9. The Balaban J connectivity index is 1.63. The Labute approximate surface area is 171 Å². The van der Waals surface area contributed by atoms with Gasteiger partial charge in [0.25, 0.3) is 5.91 Å². The number of benzene rings is 1. The molecule has 1 fully saturated rings. The number of hydrogen-bond donors (Lipinski definition) is 0. The van der Waals surface area contributed by atoms with Gasteiger partial charge in [-0.15, -0.1) is 0 Å². The summed E-state index contributed by atoms with van der Waals surface area (Å²) in [5.41, 5.74) is 3.24. The number of hydrogen-bond acceptors (Lipinski definition) is 5. The molecule has 4 rings (SSSR count). The van der Waals surface area contributed by atoms with E-state index in [2.05, 4.69) is 11.8 Å². The van der Waals surface area contributed by atoms with E-state index in [0.29, 0.717) is 18.0 Å². The van der Waals surface area contributed by atoms with Gasteiger partial charge in [-0.2, -0.15) is 0 Å². The monoisotopic (exact) mass is 395 g/mol. The van der Waals surface area contributed by atoms with Gasteiger partial charge in [0.15, 0.2) is 6.10 Å². The lowest BCUT2D eigenvalue weighted by molar-refractivity contribution is -0.141. The van der Waals surface area contributed by atoms with Crippen LogP contribution in [0.4, 0.5) is 0 Å². The van der Waals surface area contributed by atoms with Gasteiger partial charge in [0.1, 0.15) is 0 Å². The molecule has 0 spiro atoms. The number of ether oxygens (including phenoxy) is 1. The molecule has 2 atom stereocenters. The zero-order chi connectivity index (χ0) is 20.5. The summed E-state index contributed by atoms with van der Waals surface area (Å²) in [5, 5.41) is 0.790. The van der Waals surface area contributed by atoms with Crippen molar-refractivity contribution in [1.29, 1.82) is 0 Å². The van der Waals surface area contributed by atoms with Crippen LogP contribution in [0.15, 0.2) is 24.3 Å². The molecule has 1 aromatic heterocycles. The number of fused-ring (bicyclic) bond motifs is 2. The summed E-state index contributed by atoms with van der Waals surface area (Å²) < 4.78 is 5.72. The minimum Gasteiger partial charge on any atom is -0.449 e. The lowest BCUT2D eigenvalue weighted by atomic mass is 9.96. The Hall–Kier alpha value is -2.47. The quantitative estimate of drug-likeness (QED) is 0.748. The highest BCUT2D eigenvalue weighted by atomic mass is 16.5. The van der Waals surface area contributed by atoms with Crippen LogP contribution in [0.25, 0.3) is 10.9 Å². The van der Waals surface area contributed by atoms with E-state index in [9.17, 15) is 9.59 Å². The van der Waals surface area contributed by atoms with Crippen molar-refractivity contribution in [1.82, 2.24) is 14.8 Å². The fourth-order valence-electron chi connectivity index (χ4n) is 4.47. The molecule has 154 valence electrons. The molecule has 2 aromatic rings. The first-order chi connectivity index (χ1) is 13.9. The summed E-state index contributed by atoms with van der Waals surface area (Å²) >= 11 is 0. The van der Waals surface area contributed by atoms with Gasteiger partial charge in [0.05, 0.1) is 11.1 Å². The van der Waals surface area contributed by atoms with Crippen molar-refractivity contribution >= 4 is 22.8 Å². The third kappa shape index (κ3) is 3.99. The Morgan fingerprint density at radius 1 is 1.24 bits per heavy atom. The van der Waals surface area contributed by atoms with Crippen molar-refractivity contribution in [3.05, 3.63) is 41.1 Å². The first-order valence-electron chi connectivity index (χ1n) is 10.5. The Bertz CT molecular complexity index is 942. The average molecular weight is 396 g/mol. The van der Waals surface area contributed by atoms with Crippen molar-refractivity contribution in [3.63, 3.8) is 0 Å². The van der Waals surface area contributed by atoms with Gasteiger partial charge < -0.3 is 14.5 Å². The van der Waals surface area contributed by atoms with E-state index in [1.54, 1.807) is 6.92 Å². The lowest BCUT2D eigenvalue weighted by Crippen LogP contribution is -2.45. The van der Waals surface area contributed by atoms with E-state index in [1.165, 1.54) is 0 Å². The summed E-state index contributed by atoms with van der Waals surface area (Å²) in [5.74, 6) is -0.0439. The SMILES string of the molecule is C[C@@H]1CCCN(C(=O)[C@H](C)OC(=O)c2c3c(nc4ccccc24)CCN(C)C3)C1. The van der Waals surface area contributed by atoms with Crippen LogP contribution < -0.4 is 0 Å². The van der Waals surface area contributed by atoms with E-state index in [0.717, 1.165) is 61.1 Å². The summed E-state index contributed by atoms with van der Waals surface area (Å²) in [4.78, 5) is 34.9. The molecule has 0 N–H and O–H groups in total. The van der Waals surface area contributed by atoms with Crippen LogP contribution in [0.3, 0.4) is 0 Å². The molecule has 0 saturated carbocycles. The molecule has 0 radical (unpaired) electrons. The molecule has 2 aliphatic heterocycles. The number of carbonyl (C=O) groups is 2. The van der Waals surface area contributed by atoms with Crippen LogP contribution in [-0.2, 0) is 22.5 Å². The molecule has 29 heavy (non-hydrogen) atoms. The minimum absolute atomic E-state index is 0.103. The molecule has 2 aliphatic rings. The maximum absolute atomic E-state index is 13.3. The predicted molar refractivity (Wildman–Crippen MR) is 112 cm³/mol. The third-order valence-corrected chi connectivity index (χ3v) is 6.04. The lowest BCUT2D eigenvalue weighted by Gasteiger charge is -2.32. The number of esters is 1. The van der Waals surface area contributed by atoms with Crippen molar-refractivity contribution in [2.75, 3.05) is 26.7 Å². The largest absolute Gasteiger partial charge is 0.449 e. The van der Waals surface area contributed by atoms with Gasteiger partial charge in [-0.3, -0.25) is 9.78 Å². The molecule has 0 unspecified atom stereocenters. The number of rotatable bonds is 3. The fourth-order valence-corrected chi connectivity index (χ4v) is 4.47. The maximum atomic E-state index is 13.3. The average Bonchev–Trinajstić information content (AvgIpc) is 2.71. The van der Waals surface area contributed by atoms with Gasteiger partial charge in [0, 0.05) is 49.2 Å². The zero-order valence-corrected chi connectivity index (χ0v) is 17.5. The Morgan fingerprint density at radius 2 is 2.03 bits per heavy atom. The highest BCUT2D eigenvalue weighted by Gasteiger charge is 2.30. The molecule has 6 heteroatoms. The second-order valence-corrected chi connectivity index (χ2v) is 8.50. The minimum atomic E-state index is -0.795. The van der Waals surface area contributed by atoms with Crippen molar-refractivity contribution in [3.8, 4) is 0 Å². The number of para-hydroxylation sites is 1. The first-order valence-corrected chi connectivity index (χ1v) is 10.5. The Kier molecular flexibility index (Phi) is 5.54. The Morgan fingerprint density at radius 3 is 2.83 bits per heavy atom. The van der Waals surface area contributed by atoms with Gasteiger partial charge in [-0.25, -0.2) is 4.79 Å². The number of pyridine rings is 1. The van der Waals surface area contributed by atoms with Gasteiger partial charge in [0.2, 0.25) is 0 Å². The van der Waals surface area contributed by atoms with Crippen LogP contribution in [0.1, 0.15) is 48.3 Å². The van der Waals surface area contributed by atoms with E-state index in [-0.39, 0.29) is 5.91 Å². The second-order valence-electron chi connectivity index (χ2n) is 8.50. The number of carbonyl (C=O) groups excluding carboxylic acids is 2. The van der Waals surface area contributed by atoms with Gasteiger partial charge in [-0.05, 0) is 38.8 Å². The summed E-state index contributed by atoms with van der Waals surface area (Å²) in [6.45, 7) is 6.88. The number of piperidine rings is 1. The van der Waals surface area contributed by atoms with Crippen LogP contribution in [-0.4, -0.2) is 59.4 Å². The maximum Gasteiger partial charge on any atom is 0.339 e. The standard InChI is InChI=1S/C23H29N3O3/c1-15-7-6-11-26(13-15)22(27)16(2)29-23(28)21-17-8-4-5-9-19(17)24-20-10-12-25(3)14-18(20)21/h4-5,8-9,15-16H,6-7,10-14H2,1-3H3/t15-,16+/m1/s1. The van der Waals surface area contributed by atoms with E-state index >= 15 is 0 Å². The number of likely N-dealkylation sites (N-methyl/N-ethyl adjacent to an activating group) is 1. The molecular weight excluding hydrogens is 366 g/mol. The summed E-state index contributed by atoms with van der Waals surface area (Å²) in [6, 6.07) is 7.67. The number of likely N-dealkylation sites (tertiary alicyclic amines) is 1. The first kappa shape index (κ1) is 19.8. The van der Waals surface area contributed by atoms with Crippen molar-refractivity contribution < 1.29 is 14.3 Å². The van der Waals surface area contributed by atoms with Gasteiger partial charge in [-0.1, -0.05) is 25.1 Å². The molecule has 1 aromatic carbocycles. The second kappa shape index (κ2) is 8.11. The smallest absolute Gasteiger partial charge is 0.339 e. The number of amides is 1. The molecule has 1 amide bonds. The molecule has 0 bridgehead atoms. The van der Waals surface area contributed by atoms with Crippen LogP contribution in [0.2, 0.25) is 0 Å². The van der Waals surface area contributed by atoms with E-state index in [4.69, 9.17) is 9.72 Å². The van der Waals surface area contributed by atoms with E-state index in [1.807, 2.05) is 36.2 Å². The predicted octanol–water partition coefficient (Wildman–Crippen LogP) is 3.03. The molecule has 0 aliphatic carbocycles. The van der Waals surface area contributed by atoms with E-state index < -0.39 is 12.1 Å². The number of nitrogens with zero attached hydrogens (tertiary/aromatic N) is 3.